The van der Waals surface area contributed by atoms with Crippen molar-refractivity contribution in [1.82, 2.24) is 4.98 Å². The van der Waals surface area contributed by atoms with E-state index in [0.717, 1.165) is 83.9 Å². The van der Waals surface area contributed by atoms with E-state index in [0.29, 0.717) is 12.8 Å². The summed E-state index contributed by atoms with van der Waals surface area (Å²) in [6, 6.07) is 42.6. The Bertz CT molecular complexity index is 2880. The maximum absolute atomic E-state index is 15.7. The van der Waals surface area contributed by atoms with Crippen molar-refractivity contribution >= 4 is 22.4 Å². The Balaban J connectivity index is 0.00000235. The van der Waals surface area contributed by atoms with Gasteiger partial charge in [-0.3, -0.25) is 0 Å². The van der Waals surface area contributed by atoms with Crippen LogP contribution in [0.4, 0.5) is 14.6 Å². The summed E-state index contributed by atoms with van der Waals surface area (Å²) < 4.78 is 38.5. The maximum atomic E-state index is 15.7. The van der Waals surface area contributed by atoms with Crippen molar-refractivity contribution in [3.05, 3.63) is 232 Å². The van der Waals surface area contributed by atoms with E-state index in [1.165, 1.54) is 17.7 Å². The van der Waals surface area contributed by atoms with E-state index < -0.39 is 5.41 Å². The molecule has 5 aromatic carbocycles. The molecule has 10 rings (SSSR count). The zero-order valence-corrected chi connectivity index (χ0v) is 35.6. The number of allylic oxidation sites excluding steroid dienone is 5. The lowest BCUT2D eigenvalue weighted by atomic mass is 9.64. The lowest BCUT2D eigenvalue weighted by Crippen LogP contribution is -2.36. The van der Waals surface area contributed by atoms with Gasteiger partial charge in [-0.05, 0) is 106 Å². The Kier molecular flexibility index (Phi) is 10.3. The van der Waals surface area contributed by atoms with Crippen LogP contribution < -0.4 is 4.90 Å². The van der Waals surface area contributed by atoms with Crippen LogP contribution in [0.5, 0.6) is 0 Å². The molecule has 3 nitrogen and oxygen atoms in total. The third-order valence-corrected chi connectivity index (χ3v) is 12.3. The largest absolute Gasteiger partial charge is 0.456 e. The number of benzene rings is 5. The molecular formula is C56H50F2N2O. The Labute approximate surface area is 358 Å². The molecule has 3 aliphatic carbocycles. The summed E-state index contributed by atoms with van der Waals surface area (Å²) in [5.74, 6) is 0.901. The van der Waals surface area contributed by atoms with Crippen molar-refractivity contribution in [3.63, 3.8) is 0 Å². The lowest BCUT2D eigenvalue weighted by molar-refractivity contribution is 0.517. The van der Waals surface area contributed by atoms with Crippen molar-refractivity contribution in [2.24, 2.45) is 5.41 Å². The number of pyridine rings is 1. The van der Waals surface area contributed by atoms with Crippen molar-refractivity contribution in [3.8, 4) is 11.1 Å². The number of anilines is 1. The van der Waals surface area contributed by atoms with Gasteiger partial charge in [0.15, 0.2) is 0 Å². The summed E-state index contributed by atoms with van der Waals surface area (Å²) in [6.07, 6.45) is 12.1. The molecule has 0 amide bonds. The second kappa shape index (κ2) is 15.8. The standard InChI is InChI=1S/C54H44F2N2O.C2H6/c1-34-29-44(35-15-6-5-7-16-35)52(57-33-34)58(41-22-14-17-36(27-28-41)53(2,3)4)47-32-46-49(51-50(47)43-24-9-11-26-48(43)59-51)42-23-8-10-25-45(42)54(46,37-18-12-20-39(55)30-37)38-19-13-21-40(56)31-38;1-2/h5-21,23-31,33,47H,22,32H2,1-4H3;1-2H3. The van der Waals surface area contributed by atoms with E-state index in [-0.39, 0.29) is 23.1 Å². The number of aryl methyl sites for hydroxylation is 1. The fourth-order valence-corrected chi connectivity index (χ4v) is 9.79. The highest BCUT2D eigenvalue weighted by Crippen LogP contribution is 2.63. The molecule has 0 spiro atoms. The third kappa shape index (κ3) is 6.68. The first-order valence-electron chi connectivity index (χ1n) is 21.4. The molecule has 2 aromatic heterocycles. The van der Waals surface area contributed by atoms with Gasteiger partial charge in [0.2, 0.25) is 0 Å². The minimum absolute atomic E-state index is 0.0613. The summed E-state index contributed by atoms with van der Waals surface area (Å²) in [4.78, 5) is 7.77. The molecular weight excluding hydrogens is 755 g/mol. The van der Waals surface area contributed by atoms with Gasteiger partial charge in [-0.2, -0.15) is 0 Å². The molecule has 7 aromatic rings. The van der Waals surface area contributed by atoms with Gasteiger partial charge in [-0.15, -0.1) is 0 Å². The van der Waals surface area contributed by atoms with Crippen molar-refractivity contribution in [1.29, 1.82) is 0 Å². The summed E-state index contributed by atoms with van der Waals surface area (Å²) >= 11 is 0. The number of aromatic nitrogens is 1. The molecule has 0 saturated heterocycles. The number of nitrogens with zero attached hydrogens (tertiary/aromatic N) is 2. The third-order valence-electron chi connectivity index (χ3n) is 12.3. The number of hydrogen-bond acceptors (Lipinski definition) is 3. The van der Waals surface area contributed by atoms with Gasteiger partial charge in [0, 0.05) is 40.4 Å². The minimum atomic E-state index is -1.04. The zero-order valence-electron chi connectivity index (χ0n) is 35.6. The van der Waals surface area contributed by atoms with E-state index in [9.17, 15) is 0 Å². The van der Waals surface area contributed by atoms with Gasteiger partial charge >= 0.3 is 0 Å². The average molecular weight is 805 g/mol. The van der Waals surface area contributed by atoms with Crippen LogP contribution >= 0.6 is 0 Å². The van der Waals surface area contributed by atoms with E-state index in [1.54, 1.807) is 24.3 Å². The van der Waals surface area contributed by atoms with E-state index in [4.69, 9.17) is 9.40 Å². The van der Waals surface area contributed by atoms with Gasteiger partial charge in [-0.25, -0.2) is 13.8 Å². The molecule has 2 heterocycles. The molecule has 0 bridgehead atoms. The quantitative estimate of drug-likeness (QED) is 0.168. The Morgan fingerprint density at radius 1 is 0.738 bits per heavy atom. The highest BCUT2D eigenvalue weighted by molar-refractivity contribution is 5.99. The molecule has 0 saturated carbocycles. The van der Waals surface area contributed by atoms with Crippen LogP contribution in [0.3, 0.4) is 0 Å². The summed E-state index contributed by atoms with van der Waals surface area (Å²) in [6.45, 7) is 12.8. The molecule has 1 unspecified atom stereocenters. The average Bonchev–Trinajstić information content (AvgIpc) is 3.68. The van der Waals surface area contributed by atoms with Crippen LogP contribution in [0.15, 0.2) is 185 Å². The number of furan rings is 1. The summed E-state index contributed by atoms with van der Waals surface area (Å²) in [5.41, 5.74) is 11.6. The summed E-state index contributed by atoms with van der Waals surface area (Å²) in [7, 11) is 0. The summed E-state index contributed by atoms with van der Waals surface area (Å²) in [5, 5.41) is 1.03. The SMILES string of the molecule is CC.Cc1cnc(N(C2=CC=C(C(C)(C)C)C=CC2)C2CC3=C(c4ccccc4C3(c3cccc(F)c3)c3cccc(F)c3)c3oc4ccccc4c32)c(-c2ccccc2)c1. The molecule has 304 valence electrons. The van der Waals surface area contributed by atoms with E-state index in [1.807, 2.05) is 62.5 Å². The molecule has 5 heteroatoms. The van der Waals surface area contributed by atoms with Gasteiger partial charge in [0.25, 0.3) is 0 Å². The first-order valence-corrected chi connectivity index (χ1v) is 21.4. The topological polar surface area (TPSA) is 29.3 Å². The predicted octanol–water partition coefficient (Wildman–Crippen LogP) is 15.0. The van der Waals surface area contributed by atoms with Crippen molar-refractivity contribution in [2.45, 2.75) is 65.8 Å². The van der Waals surface area contributed by atoms with Gasteiger partial charge in [-0.1, -0.05) is 150 Å². The smallest absolute Gasteiger partial charge is 0.141 e. The van der Waals surface area contributed by atoms with Gasteiger partial charge < -0.3 is 9.32 Å². The second-order valence-corrected chi connectivity index (χ2v) is 17.0. The van der Waals surface area contributed by atoms with Crippen LogP contribution in [0, 0.1) is 24.0 Å². The number of fused-ring (bicyclic) bond motifs is 6. The van der Waals surface area contributed by atoms with Crippen LogP contribution in [0.2, 0.25) is 0 Å². The molecule has 0 radical (unpaired) electrons. The zero-order chi connectivity index (χ0) is 42.5. The van der Waals surface area contributed by atoms with Crippen LogP contribution in [-0.2, 0) is 5.41 Å². The molecule has 0 fully saturated rings. The molecule has 61 heavy (non-hydrogen) atoms. The lowest BCUT2D eigenvalue weighted by Gasteiger charge is -2.42. The van der Waals surface area contributed by atoms with Crippen LogP contribution in [-0.4, -0.2) is 4.98 Å². The van der Waals surface area contributed by atoms with Crippen molar-refractivity contribution < 1.29 is 13.2 Å². The first kappa shape index (κ1) is 39.8. The molecule has 3 aliphatic rings. The number of para-hydroxylation sites is 1. The van der Waals surface area contributed by atoms with Crippen LogP contribution in [0.1, 0.15) is 92.6 Å². The Morgan fingerprint density at radius 2 is 1.41 bits per heavy atom. The van der Waals surface area contributed by atoms with E-state index >= 15 is 8.78 Å². The highest BCUT2D eigenvalue weighted by Gasteiger charge is 2.53. The highest BCUT2D eigenvalue weighted by atomic mass is 19.1. The monoisotopic (exact) mass is 804 g/mol. The first-order chi connectivity index (χ1) is 29.6. The second-order valence-electron chi connectivity index (χ2n) is 17.0. The molecule has 0 aliphatic heterocycles. The number of hydrogen-bond donors (Lipinski definition) is 0. The molecule has 1 atom stereocenters. The van der Waals surface area contributed by atoms with Gasteiger partial charge in [0.1, 0.15) is 28.8 Å². The maximum Gasteiger partial charge on any atom is 0.141 e. The van der Waals surface area contributed by atoms with E-state index in [2.05, 4.69) is 111 Å². The van der Waals surface area contributed by atoms with Gasteiger partial charge in [0.05, 0.1) is 11.5 Å². The Morgan fingerprint density at radius 3 is 2.11 bits per heavy atom. The predicted molar refractivity (Wildman–Crippen MR) is 246 cm³/mol. The Hall–Kier alpha value is -6.59. The van der Waals surface area contributed by atoms with Crippen LogP contribution in [0.25, 0.3) is 27.7 Å². The minimum Gasteiger partial charge on any atom is -0.456 e. The molecule has 0 N–H and O–H groups in total. The number of rotatable bonds is 6. The van der Waals surface area contributed by atoms with Crippen molar-refractivity contribution in [2.75, 3.05) is 4.90 Å². The number of halogens is 2. The fourth-order valence-electron chi connectivity index (χ4n) is 9.79. The normalized spacial score (nSPS) is 16.4. The fraction of sp³-hybridized carbons (Fsp3) is 0.196.